The number of hydrogen-bond donors (Lipinski definition) is 0. The van der Waals surface area contributed by atoms with Crippen molar-refractivity contribution in [3.63, 3.8) is 0 Å². The number of aromatic nitrogens is 4. The first-order chi connectivity index (χ1) is 11.4. The Hall–Kier alpha value is -2.36. The highest BCUT2D eigenvalue weighted by atomic mass is 15.5. The highest BCUT2D eigenvalue weighted by molar-refractivity contribution is 5.38. The summed E-state index contributed by atoms with van der Waals surface area (Å²) in [6.07, 6.45) is 8.88. The third-order valence-electron chi connectivity index (χ3n) is 4.30. The van der Waals surface area contributed by atoms with E-state index in [2.05, 4.69) is 73.8 Å². The summed E-state index contributed by atoms with van der Waals surface area (Å²) in [7, 11) is 0. The molecule has 0 bridgehead atoms. The lowest BCUT2D eigenvalue weighted by Gasteiger charge is -2.28. The zero-order chi connectivity index (χ0) is 16.4. The van der Waals surface area contributed by atoms with E-state index in [0.29, 0.717) is 0 Å². The molecule has 0 saturated carbocycles. The van der Waals surface area contributed by atoms with Crippen LogP contribution in [0.25, 0.3) is 0 Å². The molecule has 2 aliphatic heterocycles. The molecule has 0 atom stereocenters. The van der Waals surface area contributed by atoms with Gasteiger partial charge in [-0.2, -0.15) is 0 Å². The Morgan fingerprint density at radius 3 is 1.74 bits per heavy atom. The van der Waals surface area contributed by atoms with Gasteiger partial charge in [0.05, 0.1) is 12.4 Å². The van der Waals surface area contributed by atoms with Gasteiger partial charge in [-0.15, -0.1) is 18.7 Å². The number of hydrogen-bond acceptors (Lipinski definition) is 0. The van der Waals surface area contributed by atoms with E-state index in [4.69, 9.17) is 0 Å². The molecular weight excluding hydrogens is 284 g/mol. The van der Waals surface area contributed by atoms with Gasteiger partial charge in [0.25, 0.3) is 0 Å². The van der Waals surface area contributed by atoms with Gasteiger partial charge in [-0.3, -0.25) is 0 Å². The van der Waals surface area contributed by atoms with Crippen molar-refractivity contribution in [1.29, 1.82) is 0 Å². The first kappa shape index (κ1) is 15.5. The van der Waals surface area contributed by atoms with Crippen LogP contribution in [0.5, 0.6) is 0 Å². The predicted octanol–water partition coefficient (Wildman–Crippen LogP) is 2.74. The largest absolute Gasteiger partial charge is 0.241 e. The maximum atomic E-state index is 2.32. The van der Waals surface area contributed by atoms with E-state index < -0.39 is 0 Å². The second-order valence-corrected chi connectivity index (χ2v) is 5.30. The SMILES string of the molecule is CC.CC.c1cc2c3c(c1)C[n+]1cccn1C3n1ccc[n+]1C2. The first-order valence-electron chi connectivity index (χ1n) is 8.65. The second-order valence-electron chi connectivity index (χ2n) is 5.30. The molecule has 0 aliphatic carbocycles. The molecule has 0 N–H and O–H groups in total. The molecule has 1 aromatic carbocycles. The lowest BCUT2D eigenvalue weighted by Crippen LogP contribution is -2.58. The Balaban J connectivity index is 0.000000365. The topological polar surface area (TPSA) is 17.6 Å². The first-order valence-corrected chi connectivity index (χ1v) is 8.65. The van der Waals surface area contributed by atoms with Crippen molar-refractivity contribution in [3.8, 4) is 0 Å². The summed E-state index contributed by atoms with van der Waals surface area (Å²) in [5.74, 6) is 0. The zero-order valence-electron chi connectivity index (χ0n) is 14.5. The third kappa shape index (κ3) is 2.29. The van der Waals surface area contributed by atoms with Gasteiger partial charge in [-0.25, -0.2) is 0 Å². The Labute approximate surface area is 138 Å². The minimum atomic E-state index is 0.249. The fourth-order valence-electron chi connectivity index (χ4n) is 3.50. The molecule has 0 saturated heterocycles. The van der Waals surface area contributed by atoms with Crippen molar-refractivity contribution in [2.45, 2.75) is 47.0 Å². The number of nitrogens with zero attached hydrogens (tertiary/aromatic N) is 4. The summed E-state index contributed by atoms with van der Waals surface area (Å²) >= 11 is 0. The summed E-state index contributed by atoms with van der Waals surface area (Å²) < 4.78 is 9.21. The van der Waals surface area contributed by atoms with Crippen molar-refractivity contribution in [2.75, 3.05) is 0 Å². The monoisotopic (exact) mass is 310 g/mol. The van der Waals surface area contributed by atoms with Crippen LogP contribution in [0.15, 0.2) is 55.1 Å². The minimum absolute atomic E-state index is 0.249. The molecule has 0 radical (unpaired) electrons. The van der Waals surface area contributed by atoms with E-state index in [1.165, 1.54) is 16.7 Å². The van der Waals surface area contributed by atoms with Gasteiger partial charge in [0, 0.05) is 28.8 Å². The Morgan fingerprint density at radius 1 is 0.783 bits per heavy atom. The quantitative estimate of drug-likeness (QED) is 0.391. The second kappa shape index (κ2) is 6.41. The summed E-state index contributed by atoms with van der Waals surface area (Å²) in [6, 6.07) is 10.9. The lowest BCUT2D eigenvalue weighted by molar-refractivity contribution is -0.802. The average Bonchev–Trinajstić information content (AvgIpc) is 3.27. The fraction of sp³-hybridized carbons (Fsp3) is 0.368. The smallest absolute Gasteiger partial charge is 0.127 e. The summed E-state index contributed by atoms with van der Waals surface area (Å²) in [6.45, 7) is 9.93. The van der Waals surface area contributed by atoms with Crippen LogP contribution in [0.1, 0.15) is 50.6 Å². The Bertz CT molecular complexity index is 735. The van der Waals surface area contributed by atoms with Crippen molar-refractivity contribution in [1.82, 2.24) is 9.36 Å². The highest BCUT2D eigenvalue weighted by Gasteiger charge is 2.40. The maximum absolute atomic E-state index is 2.32. The molecule has 2 aromatic heterocycles. The van der Waals surface area contributed by atoms with Crippen LogP contribution >= 0.6 is 0 Å². The van der Waals surface area contributed by atoms with Gasteiger partial charge in [-0.1, -0.05) is 45.9 Å². The van der Waals surface area contributed by atoms with Crippen LogP contribution in [0.4, 0.5) is 0 Å². The zero-order valence-corrected chi connectivity index (χ0v) is 14.5. The van der Waals surface area contributed by atoms with Gasteiger partial charge >= 0.3 is 0 Å². The van der Waals surface area contributed by atoms with Gasteiger partial charge in [0.2, 0.25) is 6.17 Å². The maximum Gasteiger partial charge on any atom is 0.241 e. The molecule has 4 heteroatoms. The molecule has 4 heterocycles. The minimum Gasteiger partial charge on any atom is -0.127 e. The van der Waals surface area contributed by atoms with Crippen LogP contribution in [0.3, 0.4) is 0 Å². The van der Waals surface area contributed by atoms with Crippen molar-refractivity contribution < 1.29 is 9.36 Å². The fourth-order valence-corrected chi connectivity index (χ4v) is 3.50. The molecule has 5 rings (SSSR count). The van der Waals surface area contributed by atoms with Crippen molar-refractivity contribution in [2.24, 2.45) is 0 Å². The summed E-state index contributed by atoms with van der Waals surface area (Å²) in [5, 5.41) is 0. The molecule has 23 heavy (non-hydrogen) atoms. The molecule has 4 nitrogen and oxygen atoms in total. The van der Waals surface area contributed by atoms with Crippen molar-refractivity contribution in [3.05, 3.63) is 71.8 Å². The molecule has 3 aromatic rings. The van der Waals surface area contributed by atoms with Crippen LogP contribution in [0, 0.1) is 0 Å². The molecule has 0 unspecified atom stereocenters. The van der Waals surface area contributed by atoms with E-state index >= 15 is 0 Å². The van der Waals surface area contributed by atoms with Crippen LogP contribution in [0.2, 0.25) is 0 Å². The number of rotatable bonds is 0. The van der Waals surface area contributed by atoms with Gasteiger partial charge in [0.15, 0.2) is 25.5 Å². The lowest BCUT2D eigenvalue weighted by atomic mass is 9.96. The van der Waals surface area contributed by atoms with Gasteiger partial charge in [0.1, 0.15) is 0 Å². The van der Waals surface area contributed by atoms with Gasteiger partial charge in [-0.05, 0) is 0 Å². The third-order valence-corrected chi connectivity index (χ3v) is 4.30. The molecule has 0 amide bonds. The molecule has 0 spiro atoms. The normalized spacial score (nSPS) is 13.6. The molecule has 0 fully saturated rings. The number of benzene rings is 1. The highest BCUT2D eigenvalue weighted by Crippen LogP contribution is 2.31. The standard InChI is InChI=1S/C15H14N4.2C2H6/c1-4-12-10-16-6-2-8-18(16)15-14(12)13(5-1)11-17-7-3-9-19(15)17;2*1-2/h1-9,15H,10-11H2;2*1-2H3/q+2;;. The average molecular weight is 310 g/mol. The van der Waals surface area contributed by atoms with E-state index in [1.54, 1.807) is 0 Å². The summed E-state index contributed by atoms with van der Waals surface area (Å²) in [5.41, 5.74) is 4.37. The van der Waals surface area contributed by atoms with Crippen LogP contribution < -0.4 is 9.36 Å². The molecule has 120 valence electrons. The van der Waals surface area contributed by atoms with E-state index in [9.17, 15) is 0 Å². The Kier molecular flexibility index (Phi) is 4.33. The van der Waals surface area contributed by atoms with Crippen LogP contribution in [-0.2, 0) is 13.1 Å². The Morgan fingerprint density at radius 2 is 1.26 bits per heavy atom. The molecule has 2 aliphatic rings. The van der Waals surface area contributed by atoms with E-state index in [-0.39, 0.29) is 6.17 Å². The van der Waals surface area contributed by atoms with E-state index in [0.717, 1.165) is 13.1 Å². The van der Waals surface area contributed by atoms with Gasteiger partial charge < -0.3 is 0 Å². The predicted molar refractivity (Wildman–Crippen MR) is 90.1 cm³/mol. The van der Waals surface area contributed by atoms with Crippen molar-refractivity contribution >= 4 is 0 Å². The van der Waals surface area contributed by atoms with E-state index in [1.807, 2.05) is 27.7 Å². The summed E-state index contributed by atoms with van der Waals surface area (Å²) in [4.78, 5) is 0. The number of fused-ring (bicyclic) bond motifs is 4. The van der Waals surface area contributed by atoms with Crippen LogP contribution in [-0.4, -0.2) is 9.36 Å². The molecular formula is C19H26N4+2.